The number of carbonyl (C=O) groups is 1. The maximum Gasteiger partial charge on any atom is 0.326 e. The van der Waals surface area contributed by atoms with Crippen LogP contribution in [-0.4, -0.2) is 27.1 Å². The number of carboxylic acids is 1. The summed E-state index contributed by atoms with van der Waals surface area (Å²) in [6, 6.07) is 23.4. The Morgan fingerprint density at radius 3 is 2.55 bits per heavy atom. The number of nitrogens with one attached hydrogen (secondary N) is 1. The first kappa shape index (κ1) is 21.1. The van der Waals surface area contributed by atoms with E-state index in [1.54, 1.807) is 11.3 Å². The number of fused-ring (bicyclic) bond motifs is 2. The molecule has 5 rings (SSSR count). The normalized spacial score (nSPS) is 12.2. The van der Waals surface area contributed by atoms with Crippen LogP contribution >= 0.6 is 11.3 Å². The summed E-state index contributed by atoms with van der Waals surface area (Å²) in [5.41, 5.74) is 3.15. The Balaban J connectivity index is 1.66. The van der Waals surface area contributed by atoms with Crippen LogP contribution in [0.3, 0.4) is 0 Å². The zero-order chi connectivity index (χ0) is 22.8. The molecule has 0 saturated heterocycles. The maximum absolute atomic E-state index is 12.1. The monoisotopic (exact) mass is 453 g/mol. The number of carboxylic acid groups (broad SMARTS) is 1. The van der Waals surface area contributed by atoms with Crippen molar-refractivity contribution in [3.05, 3.63) is 89.6 Å². The van der Waals surface area contributed by atoms with E-state index in [9.17, 15) is 9.90 Å². The molecule has 0 saturated carbocycles. The fraction of sp³-hybridized carbons (Fsp3) is 0.148. The molecule has 1 unspecified atom stereocenters. The first-order valence-corrected chi connectivity index (χ1v) is 11.7. The van der Waals surface area contributed by atoms with E-state index >= 15 is 0 Å². The van der Waals surface area contributed by atoms with Crippen LogP contribution in [0.5, 0.6) is 0 Å². The highest BCUT2D eigenvalue weighted by atomic mass is 32.1. The minimum Gasteiger partial charge on any atom is -0.480 e. The van der Waals surface area contributed by atoms with E-state index < -0.39 is 12.0 Å². The van der Waals surface area contributed by atoms with E-state index in [2.05, 4.69) is 52.5 Å². The largest absolute Gasteiger partial charge is 0.480 e. The van der Waals surface area contributed by atoms with Gasteiger partial charge in [0.15, 0.2) is 0 Å². The number of hydrogen-bond donors (Lipinski definition) is 2. The van der Waals surface area contributed by atoms with E-state index in [4.69, 9.17) is 0 Å². The highest BCUT2D eigenvalue weighted by molar-refractivity contribution is 7.19. The van der Waals surface area contributed by atoms with Crippen molar-refractivity contribution in [1.82, 2.24) is 9.97 Å². The lowest BCUT2D eigenvalue weighted by molar-refractivity contribution is -0.137. The Bertz CT molecular complexity index is 1440. The molecule has 6 heteroatoms. The van der Waals surface area contributed by atoms with Crippen molar-refractivity contribution in [1.29, 1.82) is 0 Å². The number of anilines is 1. The molecule has 0 aliphatic heterocycles. The maximum atomic E-state index is 12.1. The van der Waals surface area contributed by atoms with E-state index in [0.29, 0.717) is 12.2 Å². The van der Waals surface area contributed by atoms with Crippen molar-refractivity contribution in [2.45, 2.75) is 25.8 Å². The summed E-state index contributed by atoms with van der Waals surface area (Å²) in [6.45, 7) is 2.13. The van der Waals surface area contributed by atoms with Gasteiger partial charge in [-0.3, -0.25) is 0 Å². The number of benzene rings is 3. The molecule has 0 fully saturated rings. The molecule has 0 aliphatic rings. The smallest absolute Gasteiger partial charge is 0.326 e. The molecule has 0 bridgehead atoms. The van der Waals surface area contributed by atoms with Crippen molar-refractivity contribution in [3.63, 3.8) is 0 Å². The van der Waals surface area contributed by atoms with Gasteiger partial charge >= 0.3 is 5.97 Å². The van der Waals surface area contributed by atoms with Crippen LogP contribution in [0.25, 0.3) is 32.1 Å². The molecule has 0 spiro atoms. The third kappa shape index (κ3) is 4.05. The number of nitrogens with zero attached hydrogens (tertiary/aromatic N) is 2. The average Bonchev–Trinajstić information content (AvgIpc) is 3.23. The van der Waals surface area contributed by atoms with Crippen LogP contribution in [0.1, 0.15) is 17.4 Å². The van der Waals surface area contributed by atoms with Crippen molar-refractivity contribution in [2.24, 2.45) is 0 Å². The predicted molar refractivity (Wildman–Crippen MR) is 135 cm³/mol. The number of aryl methyl sites for hydroxylation is 1. The lowest BCUT2D eigenvalue weighted by atomic mass is 9.96. The standard InChI is InChI=1S/C27H23N3O2S/c1-2-22-23(20-14-8-12-18-11-6-7-13-19(18)20)24-25(28-16-29-26(24)33-22)30-21(27(31)32)15-17-9-4-3-5-10-17/h3-14,16,21H,2,15H2,1H3,(H,31,32)(H,28,29,30). The highest BCUT2D eigenvalue weighted by Crippen LogP contribution is 2.43. The molecule has 3 aromatic carbocycles. The second-order valence-electron chi connectivity index (χ2n) is 7.91. The molecule has 2 aromatic heterocycles. The molecule has 2 N–H and O–H groups in total. The average molecular weight is 454 g/mol. The first-order valence-electron chi connectivity index (χ1n) is 10.9. The number of aromatic nitrogens is 2. The third-order valence-electron chi connectivity index (χ3n) is 5.83. The topological polar surface area (TPSA) is 75.1 Å². The van der Waals surface area contributed by atoms with Gasteiger partial charge < -0.3 is 10.4 Å². The van der Waals surface area contributed by atoms with E-state index in [-0.39, 0.29) is 0 Å². The van der Waals surface area contributed by atoms with E-state index in [1.165, 1.54) is 11.2 Å². The van der Waals surface area contributed by atoms with Crippen LogP contribution in [0.2, 0.25) is 0 Å². The Morgan fingerprint density at radius 1 is 1.00 bits per heavy atom. The minimum absolute atomic E-state index is 0.357. The lowest BCUT2D eigenvalue weighted by Gasteiger charge is -2.17. The van der Waals surface area contributed by atoms with Crippen LogP contribution in [-0.2, 0) is 17.6 Å². The van der Waals surface area contributed by atoms with Gasteiger partial charge in [-0.15, -0.1) is 11.3 Å². The lowest BCUT2D eigenvalue weighted by Crippen LogP contribution is -2.32. The Kier molecular flexibility index (Phi) is 5.75. The second kappa shape index (κ2) is 9.00. The molecule has 5 aromatic rings. The second-order valence-corrected chi connectivity index (χ2v) is 8.99. The molecule has 33 heavy (non-hydrogen) atoms. The molecule has 5 nitrogen and oxygen atoms in total. The molecule has 0 aliphatic carbocycles. The summed E-state index contributed by atoms with van der Waals surface area (Å²) < 4.78 is 0. The van der Waals surface area contributed by atoms with Gasteiger partial charge in [0.25, 0.3) is 0 Å². The van der Waals surface area contributed by atoms with E-state index in [0.717, 1.165) is 44.1 Å². The molecule has 164 valence electrons. The summed E-state index contributed by atoms with van der Waals surface area (Å²) in [7, 11) is 0. The fourth-order valence-electron chi connectivity index (χ4n) is 4.28. The van der Waals surface area contributed by atoms with Crippen molar-refractivity contribution in [2.75, 3.05) is 5.32 Å². The third-order valence-corrected chi connectivity index (χ3v) is 7.08. The summed E-state index contributed by atoms with van der Waals surface area (Å²) in [4.78, 5) is 23.2. The highest BCUT2D eigenvalue weighted by Gasteiger charge is 2.24. The molecular weight excluding hydrogens is 430 g/mol. The van der Waals surface area contributed by atoms with Crippen LogP contribution in [0.4, 0.5) is 5.82 Å². The number of thiophene rings is 1. The molecule has 1 atom stereocenters. The van der Waals surface area contributed by atoms with Crippen LogP contribution in [0, 0.1) is 0 Å². The summed E-state index contributed by atoms with van der Waals surface area (Å²) in [6.07, 6.45) is 2.72. The first-order chi connectivity index (χ1) is 16.2. The van der Waals surface area contributed by atoms with Gasteiger partial charge in [0.05, 0.1) is 5.39 Å². The van der Waals surface area contributed by atoms with Gasteiger partial charge in [0, 0.05) is 16.9 Å². The zero-order valence-corrected chi connectivity index (χ0v) is 19.0. The van der Waals surface area contributed by atoms with Gasteiger partial charge in [-0.1, -0.05) is 79.7 Å². The van der Waals surface area contributed by atoms with Crippen molar-refractivity contribution < 1.29 is 9.90 Å². The number of hydrogen-bond acceptors (Lipinski definition) is 5. The minimum atomic E-state index is -0.914. The summed E-state index contributed by atoms with van der Waals surface area (Å²) >= 11 is 1.64. The van der Waals surface area contributed by atoms with Gasteiger partial charge in [-0.2, -0.15) is 0 Å². The van der Waals surface area contributed by atoms with Gasteiger partial charge in [0.1, 0.15) is 23.0 Å². The molecule has 0 amide bonds. The molecule has 0 radical (unpaired) electrons. The predicted octanol–water partition coefficient (Wildman–Crippen LogP) is 6.18. The van der Waals surface area contributed by atoms with Gasteiger partial charge in [-0.05, 0) is 28.3 Å². The van der Waals surface area contributed by atoms with Crippen molar-refractivity contribution in [3.8, 4) is 11.1 Å². The Morgan fingerprint density at radius 2 is 1.76 bits per heavy atom. The Labute approximate surface area is 195 Å². The zero-order valence-electron chi connectivity index (χ0n) is 18.2. The van der Waals surface area contributed by atoms with Crippen LogP contribution in [0.15, 0.2) is 79.1 Å². The van der Waals surface area contributed by atoms with Crippen LogP contribution < -0.4 is 5.32 Å². The summed E-state index contributed by atoms with van der Waals surface area (Å²) in [5.74, 6) is -0.356. The fourth-order valence-corrected chi connectivity index (χ4v) is 5.37. The molecule has 2 heterocycles. The van der Waals surface area contributed by atoms with Gasteiger partial charge in [-0.25, -0.2) is 14.8 Å². The van der Waals surface area contributed by atoms with Crippen molar-refractivity contribution >= 4 is 44.1 Å². The SMILES string of the molecule is CCc1sc2ncnc(NC(Cc3ccccc3)C(=O)O)c2c1-c1cccc2ccccc12. The van der Waals surface area contributed by atoms with Gasteiger partial charge in [0.2, 0.25) is 0 Å². The number of aliphatic carboxylic acids is 1. The van der Waals surface area contributed by atoms with E-state index in [1.807, 2.05) is 42.5 Å². The number of rotatable bonds is 7. The quantitative estimate of drug-likeness (QED) is 0.308. The summed E-state index contributed by atoms with van der Waals surface area (Å²) in [5, 5.41) is 16.4. The Hall–Kier alpha value is -3.77. The molecular formula is C27H23N3O2S.